The summed E-state index contributed by atoms with van der Waals surface area (Å²) in [4.78, 5) is 13.6. The van der Waals surface area contributed by atoms with E-state index in [0.717, 1.165) is 6.42 Å². The van der Waals surface area contributed by atoms with Crippen LogP contribution in [0.1, 0.15) is 12.0 Å². The maximum Gasteiger partial charge on any atom is 0.227 e. The average molecular weight is 237 g/mol. The minimum atomic E-state index is -0.334. The van der Waals surface area contributed by atoms with Gasteiger partial charge < -0.3 is 10.0 Å². The summed E-state index contributed by atoms with van der Waals surface area (Å²) in [5.41, 5.74) is 0.435. The van der Waals surface area contributed by atoms with Crippen LogP contribution in [0.25, 0.3) is 0 Å². The van der Waals surface area contributed by atoms with Gasteiger partial charge in [-0.15, -0.1) is 0 Å². The number of carbonyl (C=O) groups is 1. The third-order valence-electron chi connectivity index (χ3n) is 3.20. The summed E-state index contributed by atoms with van der Waals surface area (Å²) in [5.74, 6) is -0.218. The largest absolute Gasteiger partial charge is 0.396 e. The second-order valence-electron chi connectivity index (χ2n) is 4.45. The molecule has 1 aliphatic heterocycles. The molecule has 4 heteroatoms. The first kappa shape index (κ1) is 12.0. The SMILES string of the molecule is O=C(Cc1ccccc1F)N1CCC(CO)C1. The topological polar surface area (TPSA) is 40.5 Å². The van der Waals surface area contributed by atoms with Crippen LogP contribution < -0.4 is 0 Å². The van der Waals surface area contributed by atoms with Crippen LogP contribution in [0.4, 0.5) is 4.39 Å². The van der Waals surface area contributed by atoms with Crippen molar-refractivity contribution in [3.05, 3.63) is 35.6 Å². The minimum Gasteiger partial charge on any atom is -0.396 e. The lowest BCUT2D eigenvalue weighted by Crippen LogP contribution is -2.30. The van der Waals surface area contributed by atoms with Crippen molar-refractivity contribution >= 4 is 5.91 Å². The van der Waals surface area contributed by atoms with Crippen LogP contribution in [0.3, 0.4) is 0 Å². The van der Waals surface area contributed by atoms with E-state index in [4.69, 9.17) is 5.11 Å². The van der Waals surface area contributed by atoms with Crippen LogP contribution in [-0.4, -0.2) is 35.6 Å². The molecule has 1 fully saturated rings. The molecule has 1 amide bonds. The smallest absolute Gasteiger partial charge is 0.227 e. The molecule has 92 valence electrons. The summed E-state index contributed by atoms with van der Waals surface area (Å²) in [6, 6.07) is 6.34. The molecule has 1 heterocycles. The summed E-state index contributed by atoms with van der Waals surface area (Å²) < 4.78 is 13.4. The van der Waals surface area contributed by atoms with Crippen LogP contribution >= 0.6 is 0 Å². The fraction of sp³-hybridized carbons (Fsp3) is 0.462. The molecule has 0 aromatic heterocycles. The number of rotatable bonds is 3. The van der Waals surface area contributed by atoms with E-state index in [1.165, 1.54) is 6.07 Å². The van der Waals surface area contributed by atoms with Gasteiger partial charge in [-0.1, -0.05) is 18.2 Å². The quantitative estimate of drug-likeness (QED) is 0.858. The summed E-state index contributed by atoms with van der Waals surface area (Å²) in [7, 11) is 0. The molecule has 17 heavy (non-hydrogen) atoms. The Labute approximate surface area is 99.9 Å². The van der Waals surface area contributed by atoms with Crippen molar-refractivity contribution in [2.24, 2.45) is 5.92 Å². The van der Waals surface area contributed by atoms with E-state index in [9.17, 15) is 9.18 Å². The zero-order valence-electron chi connectivity index (χ0n) is 9.60. The lowest BCUT2D eigenvalue weighted by molar-refractivity contribution is -0.129. The lowest BCUT2D eigenvalue weighted by Gasteiger charge is -2.16. The maximum atomic E-state index is 13.4. The van der Waals surface area contributed by atoms with Gasteiger partial charge in [0.25, 0.3) is 0 Å². The first-order valence-electron chi connectivity index (χ1n) is 5.82. The Hall–Kier alpha value is -1.42. The molecule has 1 unspecified atom stereocenters. The molecule has 1 saturated heterocycles. The van der Waals surface area contributed by atoms with E-state index in [0.29, 0.717) is 18.7 Å². The van der Waals surface area contributed by atoms with E-state index in [1.807, 2.05) is 0 Å². The number of likely N-dealkylation sites (tertiary alicyclic amines) is 1. The second-order valence-corrected chi connectivity index (χ2v) is 4.45. The fourth-order valence-electron chi connectivity index (χ4n) is 2.12. The lowest BCUT2D eigenvalue weighted by atomic mass is 10.1. The summed E-state index contributed by atoms with van der Waals surface area (Å²) in [6.45, 7) is 1.37. The standard InChI is InChI=1S/C13H16FNO2/c14-12-4-2-1-3-11(12)7-13(17)15-6-5-10(8-15)9-16/h1-4,10,16H,5-9H2. The third kappa shape index (κ3) is 2.82. The highest BCUT2D eigenvalue weighted by atomic mass is 19.1. The van der Waals surface area contributed by atoms with Gasteiger partial charge in [0, 0.05) is 25.6 Å². The number of hydrogen-bond donors (Lipinski definition) is 1. The fourth-order valence-corrected chi connectivity index (χ4v) is 2.12. The zero-order valence-corrected chi connectivity index (χ0v) is 9.60. The van der Waals surface area contributed by atoms with E-state index in [2.05, 4.69) is 0 Å². The molecule has 0 aliphatic carbocycles. The van der Waals surface area contributed by atoms with Crippen LogP contribution in [0, 0.1) is 11.7 Å². The van der Waals surface area contributed by atoms with Crippen molar-refractivity contribution in [1.29, 1.82) is 0 Å². The Morgan fingerprint density at radius 2 is 2.24 bits per heavy atom. The summed E-state index contributed by atoms with van der Waals surface area (Å²) in [6.07, 6.45) is 0.935. The van der Waals surface area contributed by atoms with Crippen LogP contribution in [0.2, 0.25) is 0 Å². The second kappa shape index (κ2) is 5.27. The Morgan fingerprint density at radius 1 is 1.47 bits per heavy atom. The molecule has 1 atom stereocenters. The third-order valence-corrected chi connectivity index (χ3v) is 3.20. The molecule has 1 aromatic rings. The molecule has 1 aromatic carbocycles. The number of aliphatic hydroxyl groups is 1. The number of amides is 1. The Morgan fingerprint density at radius 3 is 2.88 bits per heavy atom. The molecular weight excluding hydrogens is 221 g/mol. The molecule has 0 radical (unpaired) electrons. The number of benzene rings is 1. The van der Waals surface area contributed by atoms with Crippen LogP contribution in [-0.2, 0) is 11.2 Å². The molecule has 0 spiro atoms. The predicted octanol–water partition coefficient (Wildman–Crippen LogP) is 1.21. The van der Waals surface area contributed by atoms with Crippen molar-refractivity contribution in [3.8, 4) is 0 Å². The van der Waals surface area contributed by atoms with Gasteiger partial charge in [0.05, 0.1) is 6.42 Å². The van der Waals surface area contributed by atoms with Crippen molar-refractivity contribution in [1.82, 2.24) is 4.90 Å². The molecule has 1 N–H and O–H groups in total. The van der Waals surface area contributed by atoms with Gasteiger partial charge in [0.2, 0.25) is 5.91 Å². The van der Waals surface area contributed by atoms with Crippen molar-refractivity contribution < 1.29 is 14.3 Å². The Balaban J connectivity index is 1.96. The summed E-state index contributed by atoms with van der Waals surface area (Å²) >= 11 is 0. The van der Waals surface area contributed by atoms with Crippen molar-refractivity contribution in [2.75, 3.05) is 19.7 Å². The number of hydrogen-bond acceptors (Lipinski definition) is 2. The molecule has 3 nitrogen and oxygen atoms in total. The van der Waals surface area contributed by atoms with Gasteiger partial charge in [0.1, 0.15) is 5.82 Å². The van der Waals surface area contributed by atoms with Crippen LogP contribution in [0.15, 0.2) is 24.3 Å². The first-order chi connectivity index (χ1) is 8.20. The highest BCUT2D eigenvalue weighted by Crippen LogP contribution is 2.17. The molecular formula is C13H16FNO2. The highest BCUT2D eigenvalue weighted by Gasteiger charge is 2.25. The molecule has 0 bridgehead atoms. The van der Waals surface area contributed by atoms with Gasteiger partial charge in [-0.25, -0.2) is 4.39 Å². The molecule has 2 rings (SSSR count). The number of halogens is 1. The minimum absolute atomic E-state index is 0.0638. The summed E-state index contributed by atoms with van der Waals surface area (Å²) in [5, 5.41) is 9.00. The van der Waals surface area contributed by atoms with Gasteiger partial charge in [0.15, 0.2) is 0 Å². The number of carbonyl (C=O) groups excluding carboxylic acids is 1. The normalized spacial score (nSPS) is 19.6. The van der Waals surface area contributed by atoms with Gasteiger partial charge in [-0.05, 0) is 18.1 Å². The highest BCUT2D eigenvalue weighted by molar-refractivity contribution is 5.79. The van der Waals surface area contributed by atoms with E-state index in [-0.39, 0.29) is 30.7 Å². The molecule has 0 saturated carbocycles. The Kier molecular flexibility index (Phi) is 3.74. The van der Waals surface area contributed by atoms with E-state index < -0.39 is 0 Å². The molecule has 1 aliphatic rings. The number of nitrogens with zero attached hydrogens (tertiary/aromatic N) is 1. The van der Waals surface area contributed by atoms with Crippen molar-refractivity contribution in [2.45, 2.75) is 12.8 Å². The monoisotopic (exact) mass is 237 g/mol. The average Bonchev–Trinajstić information content (AvgIpc) is 2.81. The van der Waals surface area contributed by atoms with Crippen molar-refractivity contribution in [3.63, 3.8) is 0 Å². The van der Waals surface area contributed by atoms with Gasteiger partial charge in [-0.2, -0.15) is 0 Å². The van der Waals surface area contributed by atoms with E-state index >= 15 is 0 Å². The first-order valence-corrected chi connectivity index (χ1v) is 5.82. The van der Waals surface area contributed by atoms with E-state index in [1.54, 1.807) is 23.1 Å². The maximum absolute atomic E-state index is 13.4. The Bertz CT molecular complexity index is 408. The number of aliphatic hydroxyl groups excluding tert-OH is 1. The zero-order chi connectivity index (χ0) is 12.3. The van der Waals surface area contributed by atoms with Gasteiger partial charge in [-0.3, -0.25) is 4.79 Å². The predicted molar refractivity (Wildman–Crippen MR) is 61.9 cm³/mol. The van der Waals surface area contributed by atoms with Gasteiger partial charge >= 0.3 is 0 Å². The van der Waals surface area contributed by atoms with Crippen LogP contribution in [0.5, 0.6) is 0 Å².